The number of benzene rings is 5. The van der Waals surface area contributed by atoms with Gasteiger partial charge in [0.15, 0.2) is 16.6 Å². The molecule has 0 saturated heterocycles. The summed E-state index contributed by atoms with van der Waals surface area (Å²) >= 11 is 0. The van der Waals surface area contributed by atoms with Crippen LogP contribution >= 0.6 is 0 Å². The third kappa shape index (κ3) is 15.1. The summed E-state index contributed by atoms with van der Waals surface area (Å²) in [6.07, 6.45) is 5.04. The average molecular weight is 877 g/mol. The molecule has 61 heavy (non-hydrogen) atoms. The molecule has 12 heteroatoms. The van der Waals surface area contributed by atoms with Crippen molar-refractivity contribution in [1.29, 1.82) is 0 Å². The van der Waals surface area contributed by atoms with Crippen molar-refractivity contribution >= 4 is 43.1 Å². The van der Waals surface area contributed by atoms with Crippen LogP contribution in [0.5, 0.6) is 23.0 Å². The Hall–Kier alpha value is -5.12. The van der Waals surface area contributed by atoms with Gasteiger partial charge in [-0.1, -0.05) is 78.9 Å². The van der Waals surface area contributed by atoms with Crippen molar-refractivity contribution in [2.75, 3.05) is 7.11 Å². The van der Waals surface area contributed by atoms with Crippen LogP contribution in [-0.2, 0) is 32.3 Å². The number of carbonyl (C=O) groups excluding carboxylic acids is 3. The fraction of sp³-hybridized carbons (Fsp3) is 0.327. The SMILES string of the molecule is COc1ccccc1CCC[Si](C)(C)O[Si](C)(CCCc1ccccc1OC(=O)c1cccc(OC(=O)c2ccccc2)c1)O[Si](C)(C)CCCc1ccccc1OC(C)=O. The van der Waals surface area contributed by atoms with Crippen molar-refractivity contribution in [3.8, 4) is 23.0 Å². The van der Waals surface area contributed by atoms with Crippen LogP contribution in [0.3, 0.4) is 0 Å². The van der Waals surface area contributed by atoms with E-state index in [9.17, 15) is 14.4 Å². The molecule has 0 aliphatic rings. The van der Waals surface area contributed by atoms with Gasteiger partial charge in [0.1, 0.15) is 23.0 Å². The van der Waals surface area contributed by atoms with E-state index in [4.69, 9.17) is 27.2 Å². The van der Waals surface area contributed by atoms with Crippen molar-refractivity contribution in [2.24, 2.45) is 0 Å². The number of aryl methyl sites for hydroxylation is 3. The third-order valence-electron chi connectivity index (χ3n) is 10.4. The minimum Gasteiger partial charge on any atom is -0.496 e. The van der Waals surface area contributed by atoms with Gasteiger partial charge in [-0.15, -0.1) is 0 Å². The second-order valence-electron chi connectivity index (χ2n) is 16.7. The zero-order valence-corrected chi connectivity index (χ0v) is 39.7. The minimum absolute atomic E-state index is 0.255. The van der Waals surface area contributed by atoms with E-state index in [-0.39, 0.29) is 17.3 Å². The highest BCUT2D eigenvalue weighted by atomic mass is 28.5. The van der Waals surface area contributed by atoms with Gasteiger partial charge >= 0.3 is 26.5 Å². The predicted molar refractivity (Wildman–Crippen MR) is 248 cm³/mol. The Bertz CT molecular complexity index is 2230. The van der Waals surface area contributed by atoms with Gasteiger partial charge in [0.05, 0.1) is 18.2 Å². The fourth-order valence-corrected chi connectivity index (χ4v) is 22.1. The van der Waals surface area contributed by atoms with Gasteiger partial charge in [0.25, 0.3) is 0 Å². The molecule has 0 spiro atoms. The number of esters is 3. The third-order valence-corrected chi connectivity index (χ3v) is 22.6. The van der Waals surface area contributed by atoms with Crippen LogP contribution in [0.2, 0.25) is 50.9 Å². The van der Waals surface area contributed by atoms with Gasteiger partial charge in [-0.25, -0.2) is 9.59 Å². The van der Waals surface area contributed by atoms with E-state index in [1.165, 1.54) is 18.6 Å². The molecule has 0 amide bonds. The van der Waals surface area contributed by atoms with Gasteiger partial charge in [-0.2, -0.15) is 0 Å². The maximum atomic E-state index is 13.5. The number of carbonyl (C=O) groups is 3. The van der Waals surface area contributed by atoms with Crippen molar-refractivity contribution in [2.45, 2.75) is 96.3 Å². The van der Waals surface area contributed by atoms with E-state index in [0.717, 1.165) is 67.1 Å². The first-order valence-corrected chi connectivity index (χ1v) is 29.9. The molecule has 5 aromatic rings. The maximum absolute atomic E-state index is 13.5. The van der Waals surface area contributed by atoms with Gasteiger partial charge in [-0.05, 0) is 155 Å². The molecule has 0 radical (unpaired) electrons. The minimum atomic E-state index is -2.75. The molecule has 322 valence electrons. The lowest BCUT2D eigenvalue weighted by atomic mass is 10.1. The lowest BCUT2D eigenvalue weighted by Gasteiger charge is -2.41. The van der Waals surface area contributed by atoms with E-state index >= 15 is 0 Å². The molecule has 5 rings (SSSR count). The predicted octanol–water partition coefficient (Wildman–Crippen LogP) is 11.8. The van der Waals surface area contributed by atoms with E-state index in [1.54, 1.807) is 49.6 Å². The van der Waals surface area contributed by atoms with Crippen LogP contribution in [0.15, 0.2) is 127 Å². The Balaban J connectivity index is 1.26. The highest BCUT2D eigenvalue weighted by Crippen LogP contribution is 2.33. The summed E-state index contributed by atoms with van der Waals surface area (Å²) in [6, 6.07) is 41.4. The fourth-order valence-electron chi connectivity index (χ4n) is 7.67. The van der Waals surface area contributed by atoms with E-state index in [2.05, 4.69) is 44.9 Å². The molecular formula is C49H60O9Si3. The molecule has 0 heterocycles. The molecule has 9 nitrogen and oxygen atoms in total. The molecule has 0 aliphatic heterocycles. The molecule has 0 N–H and O–H groups in total. The Kier molecular flexibility index (Phi) is 17.0. The Labute approximate surface area is 364 Å². The number of hydrogen-bond acceptors (Lipinski definition) is 9. The molecular weight excluding hydrogens is 817 g/mol. The molecule has 0 aliphatic carbocycles. The average Bonchev–Trinajstić information content (AvgIpc) is 3.22. The lowest BCUT2D eigenvalue weighted by Crippen LogP contribution is -2.54. The smallest absolute Gasteiger partial charge is 0.343 e. The number of methoxy groups -OCH3 is 1. The zero-order chi connectivity index (χ0) is 43.9. The number of ether oxygens (including phenoxy) is 4. The van der Waals surface area contributed by atoms with Crippen molar-refractivity contribution in [1.82, 2.24) is 0 Å². The van der Waals surface area contributed by atoms with Crippen LogP contribution in [0.25, 0.3) is 0 Å². The quantitative estimate of drug-likeness (QED) is 0.0382. The standard InChI is InChI=1S/C49H60O9Si3/c1-38(50)54-46-32-15-12-22-40(46)28-19-35-60(5,6)58-61(7,57-59(3,4)34-18-27-39-21-11-14-31-45(39)53-2)36-20-29-41-23-13-16-33-47(41)56-49(52)43-26-17-30-44(37-43)55-48(51)42-24-9-8-10-25-42/h8-17,21-26,30-33,37H,18-20,27-29,34-36H2,1-7H3. The van der Waals surface area contributed by atoms with E-state index in [0.29, 0.717) is 23.5 Å². The largest absolute Gasteiger partial charge is 0.496 e. The van der Waals surface area contributed by atoms with Crippen LogP contribution in [0.1, 0.15) is 63.6 Å². The monoisotopic (exact) mass is 876 g/mol. The summed E-state index contributed by atoms with van der Waals surface area (Å²) in [4.78, 5) is 37.8. The van der Waals surface area contributed by atoms with E-state index in [1.807, 2.05) is 66.7 Å². The normalized spacial score (nSPS) is 12.6. The molecule has 0 aromatic heterocycles. The second-order valence-corrected chi connectivity index (χ2v) is 29.2. The van der Waals surface area contributed by atoms with Gasteiger partial charge < -0.3 is 27.2 Å². The highest BCUT2D eigenvalue weighted by Gasteiger charge is 2.42. The molecule has 1 unspecified atom stereocenters. The summed E-state index contributed by atoms with van der Waals surface area (Å²) < 4.78 is 37.3. The number of hydrogen-bond donors (Lipinski definition) is 0. The van der Waals surface area contributed by atoms with Crippen LogP contribution < -0.4 is 18.9 Å². The van der Waals surface area contributed by atoms with Crippen LogP contribution in [0.4, 0.5) is 0 Å². The number of para-hydroxylation sites is 3. The first kappa shape index (κ1) is 46.9. The summed E-state index contributed by atoms with van der Waals surface area (Å²) in [7, 11) is -5.46. The van der Waals surface area contributed by atoms with Gasteiger partial charge in [0, 0.05) is 6.92 Å². The van der Waals surface area contributed by atoms with Crippen LogP contribution in [-0.4, -0.2) is 50.2 Å². The topological polar surface area (TPSA) is 107 Å². The first-order valence-electron chi connectivity index (χ1n) is 21.1. The lowest BCUT2D eigenvalue weighted by molar-refractivity contribution is -0.131. The van der Waals surface area contributed by atoms with Crippen molar-refractivity contribution in [3.05, 3.63) is 155 Å². The zero-order valence-electron chi connectivity index (χ0n) is 36.7. The van der Waals surface area contributed by atoms with Crippen molar-refractivity contribution in [3.63, 3.8) is 0 Å². The highest BCUT2D eigenvalue weighted by molar-refractivity contribution is 6.88. The first-order chi connectivity index (χ1) is 29.1. The summed E-state index contributed by atoms with van der Waals surface area (Å²) in [5.41, 5.74) is 3.82. The Morgan fingerprint density at radius 1 is 0.475 bits per heavy atom. The van der Waals surface area contributed by atoms with Gasteiger partial charge in [0.2, 0.25) is 0 Å². The summed E-state index contributed by atoms with van der Waals surface area (Å²) in [5, 5.41) is 0. The Morgan fingerprint density at radius 3 is 1.46 bits per heavy atom. The second kappa shape index (κ2) is 22.1. The Morgan fingerprint density at radius 2 is 0.918 bits per heavy atom. The summed E-state index contributed by atoms with van der Waals surface area (Å²) in [6.45, 7) is 12.8. The number of rotatable bonds is 22. The maximum Gasteiger partial charge on any atom is 0.343 e. The van der Waals surface area contributed by atoms with E-state index < -0.39 is 37.1 Å². The molecule has 5 aromatic carbocycles. The molecule has 0 fully saturated rings. The van der Waals surface area contributed by atoms with Crippen LogP contribution in [0, 0.1) is 0 Å². The van der Waals surface area contributed by atoms with Gasteiger partial charge in [-0.3, -0.25) is 4.79 Å². The summed E-state index contributed by atoms with van der Waals surface area (Å²) in [5.74, 6) is 0.894. The molecule has 0 saturated carbocycles. The van der Waals surface area contributed by atoms with Crippen molar-refractivity contribution < 1.29 is 41.6 Å². The molecule has 0 bridgehead atoms. The molecule has 1 atom stereocenters.